The van der Waals surface area contributed by atoms with Gasteiger partial charge in [-0.2, -0.15) is 0 Å². The Kier molecular flexibility index (Phi) is 6.29. The molecule has 0 spiro atoms. The van der Waals surface area contributed by atoms with Crippen LogP contribution in [0.5, 0.6) is 0 Å². The molecular weight excluding hydrogens is 356 g/mol. The number of halogens is 2. The third-order valence-corrected chi connectivity index (χ3v) is 4.16. The second-order valence-electron chi connectivity index (χ2n) is 3.96. The maximum absolute atomic E-state index is 11.8. The van der Waals surface area contributed by atoms with E-state index in [0.29, 0.717) is 11.1 Å². The van der Waals surface area contributed by atoms with E-state index in [0.717, 1.165) is 19.3 Å². The van der Waals surface area contributed by atoms with Crippen LogP contribution < -0.4 is 0 Å². The van der Waals surface area contributed by atoms with Crippen LogP contribution in [-0.4, -0.2) is 21.0 Å². The molecule has 0 bridgehead atoms. The number of esters is 1. The van der Waals surface area contributed by atoms with Crippen molar-refractivity contribution in [1.82, 2.24) is 0 Å². The number of benzene rings is 1. The average molecular weight is 370 g/mol. The molecule has 0 radical (unpaired) electrons. The Morgan fingerprint density at radius 2 is 2.00 bits per heavy atom. The number of hydrogen-bond acceptors (Lipinski definition) is 4. The van der Waals surface area contributed by atoms with Crippen LogP contribution in [-0.2, 0) is 13.8 Å². The van der Waals surface area contributed by atoms with E-state index in [1.807, 2.05) is 6.92 Å². The first-order valence-corrected chi connectivity index (χ1v) is 8.87. The fourth-order valence-corrected chi connectivity index (χ4v) is 2.87. The molecule has 0 saturated heterocycles. The molecule has 19 heavy (non-hydrogen) atoms. The van der Waals surface area contributed by atoms with Gasteiger partial charge in [-0.1, -0.05) is 35.7 Å². The first-order valence-electron chi connectivity index (χ1n) is 5.77. The normalized spacial score (nSPS) is 11.3. The predicted molar refractivity (Wildman–Crippen MR) is 77.0 cm³/mol. The summed E-state index contributed by atoms with van der Waals surface area (Å²) in [5.41, 5.74) is 0.157. The Morgan fingerprint density at radius 3 is 2.58 bits per heavy atom. The Hall–Kier alpha value is -0.590. The van der Waals surface area contributed by atoms with Gasteiger partial charge in [0.1, 0.15) is 0 Å². The van der Waals surface area contributed by atoms with Crippen molar-refractivity contribution in [3.05, 3.63) is 28.2 Å². The van der Waals surface area contributed by atoms with Gasteiger partial charge in [-0.3, -0.25) is 0 Å². The van der Waals surface area contributed by atoms with Crippen LogP contribution in [0, 0.1) is 0 Å². The summed E-state index contributed by atoms with van der Waals surface area (Å²) in [4.78, 5) is 11.6. The fourth-order valence-electron chi connectivity index (χ4n) is 1.42. The van der Waals surface area contributed by atoms with Gasteiger partial charge in [-0.05, 0) is 24.6 Å². The van der Waals surface area contributed by atoms with Gasteiger partial charge >= 0.3 is 5.97 Å². The highest BCUT2D eigenvalue weighted by Gasteiger charge is 2.16. The summed E-state index contributed by atoms with van der Waals surface area (Å²) in [5.74, 6) is -0.557. The van der Waals surface area contributed by atoms with Gasteiger partial charge in [-0.25, -0.2) is 13.2 Å². The summed E-state index contributed by atoms with van der Waals surface area (Å²) < 4.78 is 28.0. The number of carbonyl (C=O) groups excluding carboxylic acids is 1. The summed E-state index contributed by atoms with van der Waals surface area (Å²) in [6, 6.07) is 4.03. The smallest absolute Gasteiger partial charge is 0.338 e. The van der Waals surface area contributed by atoms with Crippen LogP contribution in [0.1, 0.15) is 36.5 Å². The van der Waals surface area contributed by atoms with E-state index < -0.39 is 15.0 Å². The van der Waals surface area contributed by atoms with Crippen LogP contribution in [0.3, 0.4) is 0 Å². The molecule has 0 fully saturated rings. The van der Waals surface area contributed by atoms with Gasteiger partial charge in [0.2, 0.25) is 0 Å². The van der Waals surface area contributed by atoms with E-state index in [-0.39, 0.29) is 10.5 Å². The van der Waals surface area contributed by atoms with Crippen molar-refractivity contribution in [2.24, 2.45) is 0 Å². The molecule has 0 atom stereocenters. The molecule has 0 heterocycles. The lowest BCUT2D eigenvalue weighted by atomic mass is 10.2. The van der Waals surface area contributed by atoms with Gasteiger partial charge < -0.3 is 4.74 Å². The number of unbranched alkanes of at least 4 members (excludes halogenated alkanes) is 2. The Morgan fingerprint density at radius 1 is 1.32 bits per heavy atom. The van der Waals surface area contributed by atoms with Crippen molar-refractivity contribution in [3.8, 4) is 0 Å². The van der Waals surface area contributed by atoms with Crippen molar-refractivity contribution >= 4 is 41.6 Å². The molecule has 0 aromatic heterocycles. The molecule has 0 N–H and O–H groups in total. The quantitative estimate of drug-likeness (QED) is 0.435. The van der Waals surface area contributed by atoms with Crippen molar-refractivity contribution in [3.63, 3.8) is 0 Å². The minimum atomic E-state index is -3.88. The lowest BCUT2D eigenvalue weighted by molar-refractivity contribution is 0.0498. The van der Waals surface area contributed by atoms with E-state index >= 15 is 0 Å². The predicted octanol–water partition coefficient (Wildman–Crippen LogP) is 3.72. The molecule has 0 unspecified atom stereocenters. The molecule has 0 amide bonds. The van der Waals surface area contributed by atoms with E-state index in [1.54, 1.807) is 0 Å². The van der Waals surface area contributed by atoms with Crippen molar-refractivity contribution in [1.29, 1.82) is 0 Å². The highest BCUT2D eigenvalue weighted by atomic mass is 79.9. The summed E-state index contributed by atoms with van der Waals surface area (Å²) in [6.45, 7) is 2.37. The first kappa shape index (κ1) is 16.5. The number of carbonyl (C=O) groups is 1. The standard InChI is InChI=1S/C12H14BrClO4S/c1-2-3-4-5-18-12(15)9-6-10(13)8-11(7-9)19(14,16)17/h6-8H,2-5H2,1H3. The molecule has 1 aromatic rings. The van der Waals surface area contributed by atoms with Gasteiger partial charge in [0.15, 0.2) is 0 Å². The second-order valence-corrected chi connectivity index (χ2v) is 7.44. The molecule has 1 rings (SSSR count). The zero-order valence-corrected chi connectivity index (χ0v) is 13.5. The van der Waals surface area contributed by atoms with Crippen LogP contribution in [0.2, 0.25) is 0 Å². The Labute approximate surface area is 125 Å². The topological polar surface area (TPSA) is 60.4 Å². The SMILES string of the molecule is CCCCCOC(=O)c1cc(Br)cc(S(=O)(=O)Cl)c1. The van der Waals surface area contributed by atoms with E-state index in [4.69, 9.17) is 15.4 Å². The van der Waals surface area contributed by atoms with E-state index in [2.05, 4.69) is 15.9 Å². The van der Waals surface area contributed by atoms with Crippen molar-refractivity contribution in [2.75, 3.05) is 6.61 Å². The molecule has 7 heteroatoms. The van der Waals surface area contributed by atoms with Crippen LogP contribution in [0.25, 0.3) is 0 Å². The minimum Gasteiger partial charge on any atom is -0.462 e. The Bertz CT molecular complexity index is 557. The van der Waals surface area contributed by atoms with Crippen molar-refractivity contribution in [2.45, 2.75) is 31.1 Å². The Balaban J connectivity index is 2.83. The van der Waals surface area contributed by atoms with Gasteiger partial charge in [0.25, 0.3) is 9.05 Å². The largest absolute Gasteiger partial charge is 0.462 e. The zero-order chi connectivity index (χ0) is 14.5. The van der Waals surface area contributed by atoms with Gasteiger partial charge in [0.05, 0.1) is 17.1 Å². The summed E-state index contributed by atoms with van der Waals surface area (Å²) in [7, 11) is 1.38. The van der Waals surface area contributed by atoms with Crippen LogP contribution in [0.4, 0.5) is 0 Å². The summed E-state index contributed by atoms with van der Waals surface area (Å²) in [5, 5.41) is 0. The third-order valence-electron chi connectivity index (χ3n) is 2.37. The van der Waals surface area contributed by atoms with E-state index in [1.165, 1.54) is 18.2 Å². The number of hydrogen-bond donors (Lipinski definition) is 0. The highest BCUT2D eigenvalue weighted by molar-refractivity contribution is 9.10. The highest BCUT2D eigenvalue weighted by Crippen LogP contribution is 2.22. The van der Waals surface area contributed by atoms with Gasteiger partial charge in [0, 0.05) is 15.2 Å². The van der Waals surface area contributed by atoms with E-state index in [9.17, 15) is 13.2 Å². The number of ether oxygens (including phenoxy) is 1. The summed E-state index contributed by atoms with van der Waals surface area (Å²) >= 11 is 3.14. The molecular formula is C12H14BrClO4S. The minimum absolute atomic E-state index is 0.135. The van der Waals surface area contributed by atoms with Crippen LogP contribution >= 0.6 is 26.6 Å². The average Bonchev–Trinajstić information content (AvgIpc) is 2.32. The molecule has 1 aromatic carbocycles. The summed E-state index contributed by atoms with van der Waals surface area (Å²) in [6.07, 6.45) is 2.80. The maximum atomic E-state index is 11.8. The zero-order valence-electron chi connectivity index (χ0n) is 10.4. The molecule has 4 nitrogen and oxygen atoms in total. The molecule has 0 saturated carbocycles. The second kappa shape index (κ2) is 7.26. The lowest BCUT2D eigenvalue weighted by Crippen LogP contribution is -2.07. The fraction of sp³-hybridized carbons (Fsp3) is 0.417. The monoisotopic (exact) mass is 368 g/mol. The van der Waals surface area contributed by atoms with Crippen molar-refractivity contribution < 1.29 is 17.9 Å². The van der Waals surface area contributed by atoms with Gasteiger partial charge in [-0.15, -0.1) is 0 Å². The lowest BCUT2D eigenvalue weighted by Gasteiger charge is -2.06. The van der Waals surface area contributed by atoms with Crippen LogP contribution in [0.15, 0.2) is 27.6 Å². The molecule has 0 aliphatic carbocycles. The molecule has 0 aliphatic heterocycles. The maximum Gasteiger partial charge on any atom is 0.338 e. The first-order chi connectivity index (χ1) is 8.84. The molecule has 106 valence electrons. The third kappa shape index (κ3) is 5.50. The molecule has 0 aliphatic rings. The number of rotatable bonds is 6.